The number of ether oxygens (including phenoxy) is 2. The standard InChI is InChI=1S/C28H38N6O4/c1-9-37-26(35)20-10-11-29-22(12-20)34-15-21(17(2)3)23-24(30-16-31-25(23)34)32-13-19(5)33(14-18(32)4)27(36)38-28(6,7)8/h10-12,15-19H,9,13-14H2,1-8H3/t18-,19+/m0/s1. The lowest BCUT2D eigenvalue weighted by atomic mass is 10.0. The highest BCUT2D eigenvalue weighted by molar-refractivity contribution is 5.94. The molecule has 4 rings (SSSR count). The first-order chi connectivity index (χ1) is 17.9. The first kappa shape index (κ1) is 27.3. The van der Waals surface area contributed by atoms with Gasteiger partial charge in [-0.25, -0.2) is 24.5 Å². The first-order valence-electron chi connectivity index (χ1n) is 13.2. The molecule has 1 aliphatic heterocycles. The SMILES string of the molecule is CCOC(=O)c1ccnc(-n2cc(C(C)C)c3c(N4C[C@@H](C)N(C(=O)OC(C)(C)C)C[C@@H]4C)ncnc32)c1. The van der Waals surface area contributed by atoms with Crippen molar-refractivity contribution >= 4 is 28.9 Å². The quantitative estimate of drug-likeness (QED) is 0.434. The number of hydrogen-bond donors (Lipinski definition) is 0. The Labute approximate surface area is 224 Å². The number of nitrogens with zero attached hydrogens (tertiary/aromatic N) is 6. The van der Waals surface area contributed by atoms with Crippen LogP contribution in [0.2, 0.25) is 0 Å². The summed E-state index contributed by atoms with van der Waals surface area (Å²) < 4.78 is 12.7. The Hall–Kier alpha value is -3.69. The van der Waals surface area contributed by atoms with Crippen molar-refractivity contribution in [3.8, 4) is 5.82 Å². The molecule has 1 saturated heterocycles. The molecule has 3 aromatic rings. The highest BCUT2D eigenvalue weighted by Crippen LogP contribution is 2.36. The molecule has 1 fully saturated rings. The van der Waals surface area contributed by atoms with Gasteiger partial charge in [-0.1, -0.05) is 13.8 Å². The Morgan fingerprint density at radius 2 is 1.84 bits per heavy atom. The predicted octanol–water partition coefficient (Wildman–Crippen LogP) is 4.95. The number of carbonyl (C=O) groups excluding carboxylic acids is 2. The molecular formula is C28H38N6O4. The van der Waals surface area contributed by atoms with Crippen LogP contribution in [-0.2, 0) is 9.47 Å². The van der Waals surface area contributed by atoms with Crippen LogP contribution < -0.4 is 4.90 Å². The zero-order valence-corrected chi connectivity index (χ0v) is 23.6. The number of pyridine rings is 1. The van der Waals surface area contributed by atoms with Gasteiger partial charge in [0.1, 0.15) is 23.6 Å². The van der Waals surface area contributed by atoms with E-state index in [-0.39, 0.29) is 24.1 Å². The van der Waals surface area contributed by atoms with Gasteiger partial charge in [-0.3, -0.25) is 4.57 Å². The second-order valence-electron chi connectivity index (χ2n) is 11.1. The third-order valence-corrected chi connectivity index (χ3v) is 6.60. The van der Waals surface area contributed by atoms with E-state index in [2.05, 4.69) is 35.6 Å². The molecule has 0 spiro atoms. The summed E-state index contributed by atoms with van der Waals surface area (Å²) in [6.07, 6.45) is 4.89. The monoisotopic (exact) mass is 522 g/mol. The van der Waals surface area contributed by atoms with Gasteiger partial charge in [0.05, 0.1) is 17.6 Å². The van der Waals surface area contributed by atoms with E-state index >= 15 is 0 Å². The van der Waals surface area contributed by atoms with Crippen LogP contribution in [0.1, 0.15) is 77.2 Å². The third kappa shape index (κ3) is 5.44. The maximum Gasteiger partial charge on any atom is 0.410 e. The highest BCUT2D eigenvalue weighted by atomic mass is 16.6. The van der Waals surface area contributed by atoms with Crippen LogP contribution in [0.15, 0.2) is 30.9 Å². The molecule has 0 radical (unpaired) electrons. The number of anilines is 1. The molecule has 0 N–H and O–H groups in total. The number of hydrogen-bond acceptors (Lipinski definition) is 8. The molecule has 10 heteroatoms. The fraction of sp³-hybridized carbons (Fsp3) is 0.536. The highest BCUT2D eigenvalue weighted by Gasteiger charge is 2.36. The van der Waals surface area contributed by atoms with Crippen LogP contribution in [-0.4, -0.2) is 73.9 Å². The van der Waals surface area contributed by atoms with Gasteiger partial charge < -0.3 is 19.3 Å². The number of aromatic nitrogens is 4. The zero-order chi connectivity index (χ0) is 27.8. The van der Waals surface area contributed by atoms with Crippen molar-refractivity contribution in [1.82, 2.24) is 24.4 Å². The van der Waals surface area contributed by atoms with Gasteiger partial charge in [-0.15, -0.1) is 0 Å². The molecule has 0 bridgehead atoms. The Balaban J connectivity index is 1.75. The molecule has 4 heterocycles. The minimum absolute atomic E-state index is 0.00504. The minimum atomic E-state index is -0.552. The van der Waals surface area contributed by atoms with E-state index in [1.165, 1.54) is 0 Å². The van der Waals surface area contributed by atoms with E-state index in [0.717, 1.165) is 16.8 Å². The van der Waals surface area contributed by atoms with Crippen molar-refractivity contribution in [3.05, 3.63) is 42.0 Å². The maximum atomic E-state index is 12.9. The largest absolute Gasteiger partial charge is 0.462 e. The fourth-order valence-corrected chi connectivity index (χ4v) is 4.79. The number of esters is 1. The van der Waals surface area contributed by atoms with Crippen molar-refractivity contribution in [3.63, 3.8) is 0 Å². The molecule has 1 amide bonds. The smallest absolute Gasteiger partial charge is 0.410 e. The van der Waals surface area contributed by atoms with Gasteiger partial charge >= 0.3 is 12.1 Å². The van der Waals surface area contributed by atoms with E-state index < -0.39 is 11.6 Å². The van der Waals surface area contributed by atoms with Crippen molar-refractivity contribution in [2.24, 2.45) is 0 Å². The summed E-state index contributed by atoms with van der Waals surface area (Å²) in [4.78, 5) is 43.2. The second kappa shape index (κ2) is 10.6. The van der Waals surface area contributed by atoms with Gasteiger partial charge in [0.15, 0.2) is 5.65 Å². The predicted molar refractivity (Wildman–Crippen MR) is 146 cm³/mol. The normalized spacial score (nSPS) is 18.2. The summed E-state index contributed by atoms with van der Waals surface area (Å²) in [6, 6.07) is 3.29. The summed E-state index contributed by atoms with van der Waals surface area (Å²) in [5, 5.41) is 0.940. The molecular weight excluding hydrogens is 484 g/mol. The van der Waals surface area contributed by atoms with E-state index in [4.69, 9.17) is 14.5 Å². The van der Waals surface area contributed by atoms with Crippen molar-refractivity contribution in [2.45, 2.75) is 79.0 Å². The summed E-state index contributed by atoms with van der Waals surface area (Å²) in [5.41, 5.74) is 1.67. The van der Waals surface area contributed by atoms with Gasteiger partial charge in [-0.05, 0) is 65.2 Å². The number of fused-ring (bicyclic) bond motifs is 1. The Morgan fingerprint density at radius 3 is 2.50 bits per heavy atom. The van der Waals surface area contributed by atoms with E-state index in [0.29, 0.717) is 36.7 Å². The van der Waals surface area contributed by atoms with Crippen LogP contribution in [0.25, 0.3) is 16.9 Å². The molecule has 0 unspecified atom stereocenters. The van der Waals surface area contributed by atoms with Gasteiger partial charge in [0.2, 0.25) is 0 Å². The van der Waals surface area contributed by atoms with Gasteiger partial charge in [0, 0.05) is 37.6 Å². The summed E-state index contributed by atoms with van der Waals surface area (Å²) in [5.74, 6) is 1.20. The lowest BCUT2D eigenvalue weighted by Crippen LogP contribution is -2.59. The number of carbonyl (C=O) groups is 2. The second-order valence-corrected chi connectivity index (χ2v) is 11.1. The average molecular weight is 523 g/mol. The van der Waals surface area contributed by atoms with Gasteiger partial charge in [0.25, 0.3) is 0 Å². The number of rotatable bonds is 5. The van der Waals surface area contributed by atoms with Crippen LogP contribution in [0.5, 0.6) is 0 Å². The maximum absolute atomic E-state index is 12.9. The molecule has 3 aromatic heterocycles. The molecule has 38 heavy (non-hydrogen) atoms. The van der Waals surface area contributed by atoms with Crippen molar-refractivity contribution < 1.29 is 19.1 Å². The molecule has 0 saturated carbocycles. The van der Waals surface area contributed by atoms with Crippen molar-refractivity contribution in [1.29, 1.82) is 0 Å². The Bertz CT molecular complexity index is 1330. The topological polar surface area (TPSA) is 103 Å². The fourth-order valence-electron chi connectivity index (χ4n) is 4.79. The molecule has 2 atom stereocenters. The van der Waals surface area contributed by atoms with Crippen LogP contribution in [0.4, 0.5) is 10.6 Å². The van der Waals surface area contributed by atoms with E-state index in [1.54, 1.807) is 36.5 Å². The third-order valence-electron chi connectivity index (χ3n) is 6.60. The summed E-state index contributed by atoms with van der Waals surface area (Å²) in [6.45, 7) is 17.2. The number of amides is 1. The van der Waals surface area contributed by atoms with Crippen LogP contribution in [0.3, 0.4) is 0 Å². The van der Waals surface area contributed by atoms with E-state index in [9.17, 15) is 9.59 Å². The number of piperazine rings is 1. The van der Waals surface area contributed by atoms with Crippen LogP contribution >= 0.6 is 0 Å². The summed E-state index contributed by atoms with van der Waals surface area (Å²) in [7, 11) is 0. The molecule has 204 valence electrons. The first-order valence-corrected chi connectivity index (χ1v) is 13.2. The average Bonchev–Trinajstić information content (AvgIpc) is 3.25. The molecule has 1 aliphatic rings. The summed E-state index contributed by atoms with van der Waals surface area (Å²) >= 11 is 0. The minimum Gasteiger partial charge on any atom is -0.462 e. The lowest BCUT2D eigenvalue weighted by molar-refractivity contribution is 0.0130. The lowest BCUT2D eigenvalue weighted by Gasteiger charge is -2.44. The zero-order valence-electron chi connectivity index (χ0n) is 23.6. The van der Waals surface area contributed by atoms with Crippen LogP contribution in [0, 0.1) is 0 Å². The van der Waals surface area contributed by atoms with Crippen molar-refractivity contribution in [2.75, 3.05) is 24.6 Å². The molecule has 0 aliphatic carbocycles. The Kier molecular flexibility index (Phi) is 7.62. The van der Waals surface area contributed by atoms with E-state index in [1.807, 2.05) is 38.5 Å². The van der Waals surface area contributed by atoms with Gasteiger partial charge in [-0.2, -0.15) is 0 Å². The molecule has 10 nitrogen and oxygen atoms in total. The Morgan fingerprint density at radius 1 is 1.11 bits per heavy atom. The molecule has 0 aromatic carbocycles.